The van der Waals surface area contributed by atoms with Gasteiger partial charge in [-0.25, -0.2) is 0 Å². The number of nitrogens with one attached hydrogen (secondary N) is 2. The number of aryl methyl sites for hydroxylation is 1. The van der Waals surface area contributed by atoms with E-state index in [1.54, 1.807) is 12.1 Å². The Kier molecular flexibility index (Phi) is 12.9. The Labute approximate surface area is 214 Å². The van der Waals surface area contributed by atoms with Crippen LogP contribution in [0.1, 0.15) is 18.4 Å². The van der Waals surface area contributed by atoms with E-state index < -0.39 is 17.6 Å². The van der Waals surface area contributed by atoms with Crippen LogP contribution in [0.3, 0.4) is 0 Å². The number of benzene rings is 1. The highest BCUT2D eigenvalue weighted by Gasteiger charge is 2.33. The Morgan fingerprint density at radius 2 is 1.80 bits per heavy atom. The summed E-state index contributed by atoms with van der Waals surface area (Å²) in [5.74, 6) is -1.72. The van der Waals surface area contributed by atoms with E-state index >= 15 is 0 Å². The van der Waals surface area contributed by atoms with Gasteiger partial charge in [0.15, 0.2) is 5.76 Å². The Morgan fingerprint density at radius 3 is 2.51 bits per heavy atom. The van der Waals surface area contributed by atoms with Gasteiger partial charge in [-0.05, 0) is 30.5 Å². The number of hydrogen-bond donors (Lipinski definition) is 4. The standard InChI is InChI=1S/C23H32Cl2N4O6/c24-18-4-3-16(14-19(18)25)2-1-7-28-22(32)17-15-29(23(33)21(17)31)9-11-35-13-12-34-10-8-27-20(30)5-6-26/h3-4,14,31H,1-2,5-13,15,26H2,(H,27,30)(H,28,32). The van der Waals surface area contributed by atoms with E-state index in [-0.39, 0.29) is 37.6 Å². The largest absolute Gasteiger partial charge is 0.503 e. The zero-order valence-electron chi connectivity index (χ0n) is 19.5. The molecule has 12 heteroatoms. The van der Waals surface area contributed by atoms with Crippen molar-refractivity contribution in [2.75, 3.05) is 59.2 Å². The lowest BCUT2D eigenvalue weighted by Crippen LogP contribution is -2.33. The summed E-state index contributed by atoms with van der Waals surface area (Å²) in [5.41, 5.74) is 6.33. The number of rotatable bonds is 16. The molecule has 0 aliphatic carbocycles. The third kappa shape index (κ3) is 10.0. The summed E-state index contributed by atoms with van der Waals surface area (Å²) in [6.07, 6.45) is 1.63. The minimum Gasteiger partial charge on any atom is -0.503 e. The first kappa shape index (κ1) is 28.9. The van der Waals surface area contributed by atoms with Gasteiger partial charge < -0.3 is 35.8 Å². The van der Waals surface area contributed by atoms with E-state index in [9.17, 15) is 19.5 Å². The molecule has 0 bridgehead atoms. The molecule has 0 atom stereocenters. The second-order valence-corrected chi connectivity index (χ2v) is 8.59. The molecule has 0 fully saturated rings. The predicted octanol–water partition coefficient (Wildman–Crippen LogP) is 1.19. The third-order valence-electron chi connectivity index (χ3n) is 5.13. The van der Waals surface area contributed by atoms with Crippen LogP contribution in [-0.4, -0.2) is 86.9 Å². The van der Waals surface area contributed by atoms with Gasteiger partial charge >= 0.3 is 0 Å². The van der Waals surface area contributed by atoms with Crippen LogP contribution >= 0.6 is 23.2 Å². The average molecular weight is 531 g/mol. The molecular formula is C23H32Cl2N4O6. The smallest absolute Gasteiger partial charge is 0.289 e. The minimum absolute atomic E-state index is 0.0195. The number of ether oxygens (including phenoxy) is 2. The lowest BCUT2D eigenvalue weighted by Gasteiger charge is -2.16. The van der Waals surface area contributed by atoms with Crippen molar-refractivity contribution >= 4 is 40.9 Å². The highest BCUT2D eigenvalue weighted by atomic mass is 35.5. The number of aliphatic hydroxyl groups is 1. The van der Waals surface area contributed by atoms with Gasteiger partial charge in [-0.3, -0.25) is 14.4 Å². The summed E-state index contributed by atoms with van der Waals surface area (Å²) in [6.45, 7) is 2.56. The van der Waals surface area contributed by atoms with Crippen LogP contribution in [0.4, 0.5) is 0 Å². The Hall–Kier alpha value is -2.37. The maximum Gasteiger partial charge on any atom is 0.289 e. The van der Waals surface area contributed by atoms with Gasteiger partial charge in [-0.2, -0.15) is 0 Å². The number of nitrogens with zero attached hydrogens (tertiary/aromatic N) is 1. The van der Waals surface area contributed by atoms with Gasteiger partial charge in [0, 0.05) is 32.6 Å². The van der Waals surface area contributed by atoms with Crippen LogP contribution in [0.25, 0.3) is 0 Å². The monoisotopic (exact) mass is 530 g/mol. The van der Waals surface area contributed by atoms with Crippen molar-refractivity contribution in [1.29, 1.82) is 0 Å². The summed E-state index contributed by atoms with van der Waals surface area (Å²) < 4.78 is 10.8. The van der Waals surface area contributed by atoms with Gasteiger partial charge in [-0.15, -0.1) is 0 Å². The highest BCUT2D eigenvalue weighted by molar-refractivity contribution is 6.42. The van der Waals surface area contributed by atoms with E-state index in [2.05, 4.69) is 10.6 Å². The average Bonchev–Trinajstić information content (AvgIpc) is 3.11. The van der Waals surface area contributed by atoms with Gasteiger partial charge in [0.2, 0.25) is 5.91 Å². The van der Waals surface area contributed by atoms with Gasteiger partial charge in [0.25, 0.3) is 11.8 Å². The molecule has 0 unspecified atom stereocenters. The number of aliphatic hydroxyl groups excluding tert-OH is 1. The van der Waals surface area contributed by atoms with E-state index in [4.69, 9.17) is 38.4 Å². The van der Waals surface area contributed by atoms with Gasteiger partial charge in [0.1, 0.15) is 0 Å². The van der Waals surface area contributed by atoms with E-state index in [1.807, 2.05) is 6.07 Å². The van der Waals surface area contributed by atoms with Crippen molar-refractivity contribution in [3.8, 4) is 0 Å². The molecule has 1 aliphatic rings. The molecule has 1 aromatic carbocycles. The molecule has 3 amide bonds. The third-order valence-corrected chi connectivity index (χ3v) is 5.87. The molecule has 2 rings (SSSR count). The summed E-state index contributed by atoms with van der Waals surface area (Å²) in [4.78, 5) is 37.2. The van der Waals surface area contributed by atoms with Crippen LogP contribution in [0.15, 0.2) is 29.5 Å². The molecule has 1 aliphatic heterocycles. The van der Waals surface area contributed by atoms with Crippen molar-refractivity contribution in [2.45, 2.75) is 19.3 Å². The summed E-state index contributed by atoms with van der Waals surface area (Å²) in [6, 6.07) is 5.38. The lowest BCUT2D eigenvalue weighted by molar-refractivity contribution is -0.128. The molecular weight excluding hydrogens is 499 g/mol. The zero-order chi connectivity index (χ0) is 25.6. The van der Waals surface area contributed by atoms with Gasteiger partial charge in [-0.1, -0.05) is 29.3 Å². The highest BCUT2D eigenvalue weighted by Crippen LogP contribution is 2.23. The Morgan fingerprint density at radius 1 is 1.06 bits per heavy atom. The summed E-state index contributed by atoms with van der Waals surface area (Å²) in [7, 11) is 0. The predicted molar refractivity (Wildman–Crippen MR) is 132 cm³/mol. The second-order valence-electron chi connectivity index (χ2n) is 7.78. The van der Waals surface area contributed by atoms with Crippen molar-refractivity contribution in [3.63, 3.8) is 0 Å². The molecule has 194 valence electrons. The fourth-order valence-corrected chi connectivity index (χ4v) is 3.57. The number of halogens is 2. The summed E-state index contributed by atoms with van der Waals surface area (Å²) >= 11 is 11.9. The Balaban J connectivity index is 1.58. The maximum atomic E-state index is 12.4. The molecule has 1 heterocycles. The molecule has 1 aromatic rings. The van der Waals surface area contributed by atoms with Crippen LogP contribution in [-0.2, 0) is 30.3 Å². The van der Waals surface area contributed by atoms with Crippen molar-refractivity contribution in [3.05, 3.63) is 45.1 Å². The number of carbonyl (C=O) groups excluding carboxylic acids is 3. The molecule has 5 N–H and O–H groups in total. The molecule has 35 heavy (non-hydrogen) atoms. The normalized spacial score (nSPS) is 13.5. The maximum absolute atomic E-state index is 12.4. The van der Waals surface area contributed by atoms with E-state index in [0.29, 0.717) is 62.3 Å². The number of amides is 3. The van der Waals surface area contributed by atoms with Crippen LogP contribution in [0.2, 0.25) is 10.0 Å². The van der Waals surface area contributed by atoms with E-state index in [1.165, 1.54) is 4.90 Å². The summed E-state index contributed by atoms with van der Waals surface area (Å²) in [5, 5.41) is 16.5. The minimum atomic E-state index is -0.598. The van der Waals surface area contributed by atoms with Crippen LogP contribution < -0.4 is 16.4 Å². The second kappa shape index (κ2) is 15.6. The van der Waals surface area contributed by atoms with Crippen LogP contribution in [0.5, 0.6) is 0 Å². The molecule has 0 saturated heterocycles. The molecule has 10 nitrogen and oxygen atoms in total. The lowest BCUT2D eigenvalue weighted by atomic mass is 10.1. The number of nitrogens with two attached hydrogens (primary N) is 1. The van der Waals surface area contributed by atoms with Crippen molar-refractivity contribution in [2.24, 2.45) is 5.73 Å². The fraction of sp³-hybridized carbons (Fsp3) is 0.522. The molecule has 0 radical (unpaired) electrons. The quantitative estimate of drug-likeness (QED) is 0.235. The van der Waals surface area contributed by atoms with Gasteiger partial charge in [0.05, 0.1) is 48.6 Å². The molecule has 0 saturated carbocycles. The van der Waals surface area contributed by atoms with Crippen molar-refractivity contribution in [1.82, 2.24) is 15.5 Å². The molecule has 0 aromatic heterocycles. The topological polar surface area (TPSA) is 143 Å². The number of hydrogen-bond acceptors (Lipinski definition) is 7. The molecule has 0 spiro atoms. The fourth-order valence-electron chi connectivity index (χ4n) is 3.25. The Bertz CT molecular complexity index is 912. The first-order valence-electron chi connectivity index (χ1n) is 11.4. The van der Waals surface area contributed by atoms with Crippen molar-refractivity contribution < 1.29 is 29.0 Å². The van der Waals surface area contributed by atoms with Crippen LogP contribution in [0, 0.1) is 0 Å². The first-order chi connectivity index (χ1) is 16.8. The van der Waals surface area contributed by atoms with E-state index in [0.717, 1.165) is 5.56 Å². The first-order valence-corrected chi connectivity index (χ1v) is 12.1. The SMILES string of the molecule is NCCC(=O)NCCOCCOCCN1CC(C(=O)NCCCc2ccc(Cl)c(Cl)c2)=C(O)C1=O. The number of carbonyl (C=O) groups is 3. The zero-order valence-corrected chi connectivity index (χ0v) is 21.0.